The van der Waals surface area contributed by atoms with E-state index in [0.29, 0.717) is 0 Å². The smallest absolute Gasteiger partial charge is 0.130 e. The third kappa shape index (κ3) is 5.22. The fourth-order valence-electron chi connectivity index (χ4n) is 3.59. The molecule has 154 valence electrons. The maximum atomic E-state index is 13.8. The number of nitrogens with zero attached hydrogens (tertiary/aromatic N) is 2. The van der Waals surface area contributed by atoms with Crippen molar-refractivity contribution in [2.24, 2.45) is 7.05 Å². The van der Waals surface area contributed by atoms with Crippen molar-refractivity contribution < 1.29 is 14.2 Å². The lowest BCUT2D eigenvalue weighted by Gasteiger charge is -2.22. The zero-order chi connectivity index (χ0) is 21.0. The van der Waals surface area contributed by atoms with Gasteiger partial charge in [0.1, 0.15) is 30.1 Å². The molecule has 0 aliphatic rings. The van der Waals surface area contributed by atoms with Crippen molar-refractivity contribution in [2.45, 2.75) is 32.9 Å². The van der Waals surface area contributed by atoms with Gasteiger partial charge in [0, 0.05) is 26.0 Å². The molecule has 0 saturated heterocycles. The van der Waals surface area contributed by atoms with Crippen LogP contribution in [-0.2, 0) is 7.05 Å². The Morgan fingerprint density at radius 2 is 1.90 bits per heavy atom. The largest absolute Gasteiger partial charge is 0.490 e. The minimum atomic E-state index is -0.730. The Kier molecular flexibility index (Phi) is 6.67. The van der Waals surface area contributed by atoms with Crippen LogP contribution >= 0.6 is 0 Å². The van der Waals surface area contributed by atoms with Crippen molar-refractivity contribution in [1.29, 1.82) is 0 Å². The molecule has 0 aliphatic heterocycles. The molecule has 0 aliphatic carbocycles. The molecule has 2 aromatic carbocycles. The van der Waals surface area contributed by atoms with Crippen LogP contribution in [0.3, 0.4) is 0 Å². The number of aliphatic hydroxyl groups excluding tert-OH is 1. The molecule has 0 radical (unpaired) electrons. The van der Waals surface area contributed by atoms with Gasteiger partial charge in [-0.15, -0.1) is 0 Å². The van der Waals surface area contributed by atoms with Crippen LogP contribution in [0.25, 0.3) is 0 Å². The second-order valence-electron chi connectivity index (χ2n) is 7.49. The monoisotopic (exact) mass is 397 g/mol. The molecular formula is C23H28FN3O2. The summed E-state index contributed by atoms with van der Waals surface area (Å²) in [5, 5.41) is 13.8. The lowest BCUT2D eigenvalue weighted by Crippen LogP contribution is -2.35. The minimum absolute atomic E-state index is 0.161. The van der Waals surface area contributed by atoms with Gasteiger partial charge in [0.2, 0.25) is 0 Å². The van der Waals surface area contributed by atoms with Crippen molar-refractivity contribution in [3.05, 3.63) is 82.7 Å². The van der Waals surface area contributed by atoms with E-state index in [1.54, 1.807) is 12.3 Å². The molecule has 1 aromatic heterocycles. The van der Waals surface area contributed by atoms with Crippen LogP contribution in [0.1, 0.15) is 34.1 Å². The van der Waals surface area contributed by atoms with Crippen molar-refractivity contribution >= 4 is 0 Å². The second kappa shape index (κ2) is 9.20. The molecular weight excluding hydrogens is 369 g/mol. The summed E-state index contributed by atoms with van der Waals surface area (Å²) in [5.74, 6) is 1.24. The summed E-state index contributed by atoms with van der Waals surface area (Å²) in [7, 11) is 1.89. The van der Waals surface area contributed by atoms with Crippen LogP contribution in [0, 0.1) is 26.6 Å². The third-order valence-corrected chi connectivity index (χ3v) is 4.88. The van der Waals surface area contributed by atoms with Crippen LogP contribution in [-0.4, -0.2) is 33.9 Å². The van der Waals surface area contributed by atoms with E-state index in [9.17, 15) is 9.50 Å². The van der Waals surface area contributed by atoms with E-state index in [-0.39, 0.29) is 25.0 Å². The molecule has 0 fully saturated rings. The van der Waals surface area contributed by atoms with Crippen molar-refractivity contribution in [3.8, 4) is 5.75 Å². The van der Waals surface area contributed by atoms with Gasteiger partial charge in [0.15, 0.2) is 0 Å². The van der Waals surface area contributed by atoms with Crippen molar-refractivity contribution in [1.82, 2.24) is 14.9 Å². The van der Waals surface area contributed by atoms with E-state index in [0.717, 1.165) is 28.3 Å². The van der Waals surface area contributed by atoms with E-state index >= 15 is 0 Å². The highest BCUT2D eigenvalue weighted by Gasteiger charge is 2.20. The van der Waals surface area contributed by atoms with Crippen molar-refractivity contribution in [3.63, 3.8) is 0 Å². The number of imidazole rings is 1. The number of hydrogen-bond acceptors (Lipinski definition) is 4. The number of hydrogen-bond donors (Lipinski definition) is 2. The topological polar surface area (TPSA) is 59.3 Å². The summed E-state index contributed by atoms with van der Waals surface area (Å²) in [6, 6.07) is 10.2. The zero-order valence-corrected chi connectivity index (χ0v) is 17.3. The summed E-state index contributed by atoms with van der Waals surface area (Å²) in [5.41, 5.74) is 4.03. The first-order chi connectivity index (χ1) is 13.8. The highest BCUT2D eigenvalue weighted by Crippen LogP contribution is 2.25. The van der Waals surface area contributed by atoms with Gasteiger partial charge in [0.05, 0.1) is 6.04 Å². The Morgan fingerprint density at radius 3 is 2.52 bits per heavy atom. The molecule has 6 heteroatoms. The highest BCUT2D eigenvalue weighted by atomic mass is 19.1. The van der Waals surface area contributed by atoms with Crippen molar-refractivity contribution in [2.75, 3.05) is 13.2 Å². The average Bonchev–Trinajstić information content (AvgIpc) is 3.07. The number of halogens is 1. The van der Waals surface area contributed by atoms with E-state index in [4.69, 9.17) is 4.74 Å². The molecule has 3 rings (SSSR count). The number of ether oxygens (including phenoxy) is 1. The lowest BCUT2D eigenvalue weighted by atomic mass is 10.1. The standard InChI is InChI=1S/C23H28FN3O2/c1-15-10-16(2)22(17(3)11-15)29-14-20(28)13-26-21(23-25-8-9-27(23)4)18-6-5-7-19(24)12-18/h5-12,20-21,26,28H,13-14H2,1-4H3. The van der Waals surface area contributed by atoms with E-state index in [1.807, 2.05) is 44.6 Å². The van der Waals surface area contributed by atoms with Crippen LogP contribution < -0.4 is 10.1 Å². The van der Waals surface area contributed by atoms with E-state index < -0.39 is 6.10 Å². The van der Waals surface area contributed by atoms with Gasteiger partial charge in [0.25, 0.3) is 0 Å². The number of aromatic nitrogens is 2. The van der Waals surface area contributed by atoms with Gasteiger partial charge in [-0.2, -0.15) is 0 Å². The third-order valence-electron chi connectivity index (χ3n) is 4.88. The lowest BCUT2D eigenvalue weighted by molar-refractivity contribution is 0.104. The number of benzene rings is 2. The van der Waals surface area contributed by atoms with Crippen LogP contribution in [0.2, 0.25) is 0 Å². The fourth-order valence-corrected chi connectivity index (χ4v) is 3.59. The average molecular weight is 397 g/mol. The zero-order valence-electron chi connectivity index (χ0n) is 17.3. The second-order valence-corrected chi connectivity index (χ2v) is 7.49. The maximum Gasteiger partial charge on any atom is 0.130 e. The van der Waals surface area contributed by atoms with Gasteiger partial charge in [-0.1, -0.05) is 29.8 Å². The first-order valence-electron chi connectivity index (χ1n) is 9.70. The number of nitrogens with one attached hydrogen (secondary N) is 1. The Hall–Kier alpha value is -2.70. The van der Waals surface area contributed by atoms with Gasteiger partial charge >= 0.3 is 0 Å². The quantitative estimate of drug-likeness (QED) is 0.610. The van der Waals surface area contributed by atoms with Gasteiger partial charge < -0.3 is 19.7 Å². The Morgan fingerprint density at radius 1 is 1.17 bits per heavy atom. The van der Waals surface area contributed by atoms with Gasteiger partial charge in [-0.05, 0) is 49.6 Å². The molecule has 3 aromatic rings. The molecule has 29 heavy (non-hydrogen) atoms. The predicted octanol–water partition coefficient (Wildman–Crippen LogP) is 3.60. The molecule has 0 spiro atoms. The highest BCUT2D eigenvalue weighted by molar-refractivity contribution is 5.42. The van der Waals surface area contributed by atoms with Gasteiger partial charge in [-0.3, -0.25) is 0 Å². The van der Waals surface area contributed by atoms with E-state index in [1.165, 1.54) is 17.7 Å². The predicted molar refractivity (Wildman–Crippen MR) is 112 cm³/mol. The normalized spacial score (nSPS) is 13.3. The van der Waals surface area contributed by atoms with Crippen LogP contribution in [0.4, 0.5) is 4.39 Å². The summed E-state index contributed by atoms with van der Waals surface area (Å²) < 4.78 is 21.5. The van der Waals surface area contributed by atoms with E-state index in [2.05, 4.69) is 22.4 Å². The maximum absolute atomic E-state index is 13.8. The summed E-state index contributed by atoms with van der Waals surface area (Å²) in [4.78, 5) is 4.39. The fraction of sp³-hybridized carbons (Fsp3) is 0.348. The van der Waals surface area contributed by atoms with Crippen LogP contribution in [0.5, 0.6) is 5.75 Å². The number of aliphatic hydroxyl groups is 1. The SMILES string of the molecule is Cc1cc(C)c(OCC(O)CNC(c2cccc(F)c2)c2nccn2C)c(C)c1. The number of rotatable bonds is 8. The molecule has 0 saturated carbocycles. The minimum Gasteiger partial charge on any atom is -0.490 e. The first-order valence-corrected chi connectivity index (χ1v) is 9.70. The molecule has 2 atom stereocenters. The summed E-state index contributed by atoms with van der Waals surface area (Å²) in [6.07, 6.45) is 2.81. The molecule has 2 unspecified atom stereocenters. The molecule has 1 heterocycles. The molecule has 0 amide bonds. The van der Waals surface area contributed by atoms with Gasteiger partial charge in [-0.25, -0.2) is 9.37 Å². The molecule has 0 bridgehead atoms. The Bertz CT molecular complexity index is 947. The first kappa shape index (κ1) is 21.0. The molecule has 5 nitrogen and oxygen atoms in total. The Balaban J connectivity index is 1.67. The molecule has 2 N–H and O–H groups in total. The number of aryl methyl sites for hydroxylation is 4. The Labute approximate surface area is 171 Å². The summed E-state index contributed by atoms with van der Waals surface area (Å²) in [6.45, 7) is 6.49. The summed E-state index contributed by atoms with van der Waals surface area (Å²) >= 11 is 0. The van der Waals surface area contributed by atoms with Crippen LogP contribution in [0.15, 0.2) is 48.8 Å².